The van der Waals surface area contributed by atoms with E-state index >= 15 is 0 Å². The maximum Gasteiger partial charge on any atom is 0.229 e. The number of rotatable bonds is 5. The van der Waals surface area contributed by atoms with Gasteiger partial charge in [0.1, 0.15) is 0 Å². The van der Waals surface area contributed by atoms with Gasteiger partial charge in [-0.15, -0.1) is 0 Å². The number of aromatic nitrogens is 4. The van der Waals surface area contributed by atoms with Crippen molar-refractivity contribution < 1.29 is 9.05 Å². The highest BCUT2D eigenvalue weighted by molar-refractivity contribution is 4.90. The van der Waals surface area contributed by atoms with E-state index in [1.54, 1.807) is 0 Å². The van der Waals surface area contributed by atoms with E-state index in [0.29, 0.717) is 11.8 Å². The van der Waals surface area contributed by atoms with Crippen LogP contribution in [0, 0.1) is 0 Å². The van der Waals surface area contributed by atoms with Crippen LogP contribution < -0.4 is 0 Å². The van der Waals surface area contributed by atoms with Crippen molar-refractivity contribution in [1.29, 1.82) is 0 Å². The molecule has 0 fully saturated rings. The Balaban J connectivity index is 1.92. The predicted octanol–water partition coefficient (Wildman–Crippen LogP) is 1.58. The zero-order valence-electron chi connectivity index (χ0n) is 8.46. The van der Waals surface area contributed by atoms with Gasteiger partial charge in [-0.1, -0.05) is 17.2 Å². The number of nitrogens with zero attached hydrogens (tertiary/aromatic N) is 4. The Morgan fingerprint density at radius 3 is 2.60 bits per heavy atom. The molecule has 0 saturated heterocycles. The highest BCUT2D eigenvalue weighted by Crippen LogP contribution is 2.22. The van der Waals surface area contributed by atoms with Gasteiger partial charge in [0.2, 0.25) is 11.8 Å². The van der Waals surface area contributed by atoms with Crippen molar-refractivity contribution >= 4 is 0 Å². The Kier molecular flexibility index (Phi) is 3.06. The lowest BCUT2D eigenvalue weighted by molar-refractivity contribution is 0.329. The Morgan fingerprint density at radius 1 is 1.20 bits per heavy atom. The maximum absolute atomic E-state index is 5.03. The molecule has 15 heavy (non-hydrogen) atoms. The Morgan fingerprint density at radius 2 is 2.00 bits per heavy atom. The van der Waals surface area contributed by atoms with Gasteiger partial charge < -0.3 is 9.05 Å². The molecule has 0 amide bonds. The molecule has 0 aromatic carbocycles. The second kappa shape index (κ2) is 4.68. The molecule has 80 valence electrons. The van der Waals surface area contributed by atoms with E-state index in [9.17, 15) is 0 Å². The molecule has 0 spiro atoms. The number of aryl methyl sites for hydroxylation is 1. The first-order chi connectivity index (χ1) is 7.40. The van der Waals surface area contributed by atoms with Crippen LogP contribution in [0.25, 0.3) is 0 Å². The molecule has 0 bridgehead atoms. The fourth-order valence-electron chi connectivity index (χ4n) is 1.47. The molecular formula is C9H12N4O2. The van der Waals surface area contributed by atoms with Crippen LogP contribution >= 0.6 is 0 Å². The molecule has 2 aromatic heterocycles. The monoisotopic (exact) mass is 208 g/mol. The third kappa shape index (κ3) is 2.39. The van der Waals surface area contributed by atoms with Gasteiger partial charge >= 0.3 is 0 Å². The molecule has 1 atom stereocenters. The van der Waals surface area contributed by atoms with Crippen molar-refractivity contribution in [3.8, 4) is 0 Å². The van der Waals surface area contributed by atoms with E-state index in [4.69, 9.17) is 9.05 Å². The summed E-state index contributed by atoms with van der Waals surface area (Å²) in [5, 5.41) is 7.15. The van der Waals surface area contributed by atoms with Crippen LogP contribution in [0.1, 0.15) is 37.5 Å². The van der Waals surface area contributed by atoms with E-state index in [0.717, 1.165) is 19.3 Å². The first kappa shape index (κ1) is 9.82. The SMILES string of the molecule is CCC(CCc1ncno1)c1ncno1. The van der Waals surface area contributed by atoms with E-state index in [1.807, 2.05) is 0 Å². The van der Waals surface area contributed by atoms with Gasteiger partial charge in [-0.2, -0.15) is 9.97 Å². The highest BCUT2D eigenvalue weighted by atomic mass is 16.5. The van der Waals surface area contributed by atoms with Gasteiger partial charge in [-0.05, 0) is 12.8 Å². The van der Waals surface area contributed by atoms with E-state index < -0.39 is 0 Å². The molecule has 2 heterocycles. The summed E-state index contributed by atoms with van der Waals surface area (Å²) in [6.45, 7) is 2.09. The van der Waals surface area contributed by atoms with Crippen LogP contribution in [0.2, 0.25) is 0 Å². The Bertz CT molecular complexity index is 371. The Labute approximate surface area is 86.7 Å². The van der Waals surface area contributed by atoms with Crippen LogP contribution in [0.4, 0.5) is 0 Å². The van der Waals surface area contributed by atoms with Gasteiger partial charge in [0, 0.05) is 12.3 Å². The molecule has 0 radical (unpaired) electrons. The molecule has 0 saturated carbocycles. The molecule has 0 aliphatic rings. The van der Waals surface area contributed by atoms with Crippen molar-refractivity contribution in [1.82, 2.24) is 20.3 Å². The van der Waals surface area contributed by atoms with Crippen molar-refractivity contribution in [2.24, 2.45) is 0 Å². The third-order valence-corrected chi connectivity index (χ3v) is 2.33. The summed E-state index contributed by atoms with van der Waals surface area (Å²) < 4.78 is 9.95. The summed E-state index contributed by atoms with van der Waals surface area (Å²) in [6, 6.07) is 0. The first-order valence-corrected chi connectivity index (χ1v) is 4.92. The van der Waals surface area contributed by atoms with Crippen LogP contribution in [-0.4, -0.2) is 20.3 Å². The Hall–Kier alpha value is -1.72. The largest absolute Gasteiger partial charge is 0.340 e. The summed E-state index contributed by atoms with van der Waals surface area (Å²) in [4.78, 5) is 8.00. The first-order valence-electron chi connectivity index (χ1n) is 4.92. The van der Waals surface area contributed by atoms with Gasteiger partial charge in [0.15, 0.2) is 12.7 Å². The molecule has 2 aromatic rings. The van der Waals surface area contributed by atoms with E-state index in [-0.39, 0.29) is 5.92 Å². The predicted molar refractivity (Wildman–Crippen MR) is 49.9 cm³/mol. The lowest BCUT2D eigenvalue weighted by Crippen LogP contribution is -2.00. The fourth-order valence-corrected chi connectivity index (χ4v) is 1.47. The second-order valence-electron chi connectivity index (χ2n) is 3.26. The summed E-state index contributed by atoms with van der Waals surface area (Å²) >= 11 is 0. The van der Waals surface area contributed by atoms with Crippen molar-refractivity contribution in [3.05, 3.63) is 24.4 Å². The zero-order chi connectivity index (χ0) is 10.5. The topological polar surface area (TPSA) is 77.8 Å². The van der Waals surface area contributed by atoms with Crippen LogP contribution in [-0.2, 0) is 6.42 Å². The van der Waals surface area contributed by atoms with Gasteiger partial charge in [0.25, 0.3) is 0 Å². The average Bonchev–Trinajstić information content (AvgIpc) is 2.90. The van der Waals surface area contributed by atoms with Crippen molar-refractivity contribution in [2.45, 2.75) is 32.1 Å². The minimum absolute atomic E-state index is 0.263. The molecule has 2 rings (SSSR count). The van der Waals surface area contributed by atoms with E-state index in [1.165, 1.54) is 12.7 Å². The molecule has 0 aliphatic carbocycles. The van der Waals surface area contributed by atoms with Gasteiger partial charge in [-0.25, -0.2) is 0 Å². The standard InChI is InChI=1S/C9H12N4O2/c1-2-7(9-11-6-13-15-9)3-4-8-10-5-12-14-8/h5-7H,2-4H2,1H3. The fraction of sp³-hybridized carbons (Fsp3) is 0.556. The average molecular weight is 208 g/mol. The van der Waals surface area contributed by atoms with Gasteiger partial charge in [-0.3, -0.25) is 0 Å². The summed E-state index contributed by atoms with van der Waals surface area (Å²) in [7, 11) is 0. The minimum Gasteiger partial charge on any atom is -0.340 e. The minimum atomic E-state index is 0.263. The smallest absolute Gasteiger partial charge is 0.229 e. The summed E-state index contributed by atoms with van der Waals surface area (Å²) in [6.07, 6.45) is 5.39. The van der Waals surface area contributed by atoms with Crippen LogP contribution in [0.15, 0.2) is 21.7 Å². The maximum atomic E-state index is 5.03. The lowest BCUT2D eigenvalue weighted by Gasteiger charge is -2.07. The normalized spacial score (nSPS) is 12.9. The summed E-state index contributed by atoms with van der Waals surface area (Å²) in [5.41, 5.74) is 0. The third-order valence-electron chi connectivity index (χ3n) is 2.33. The number of hydrogen-bond donors (Lipinski definition) is 0. The molecule has 0 N–H and O–H groups in total. The van der Waals surface area contributed by atoms with Crippen molar-refractivity contribution in [2.75, 3.05) is 0 Å². The second-order valence-corrected chi connectivity index (χ2v) is 3.26. The van der Waals surface area contributed by atoms with Crippen LogP contribution in [0.3, 0.4) is 0 Å². The number of hydrogen-bond acceptors (Lipinski definition) is 6. The quantitative estimate of drug-likeness (QED) is 0.742. The molecule has 0 aliphatic heterocycles. The van der Waals surface area contributed by atoms with E-state index in [2.05, 4.69) is 27.2 Å². The van der Waals surface area contributed by atoms with Crippen LogP contribution in [0.5, 0.6) is 0 Å². The van der Waals surface area contributed by atoms with Crippen molar-refractivity contribution in [3.63, 3.8) is 0 Å². The van der Waals surface area contributed by atoms with Gasteiger partial charge in [0.05, 0.1) is 0 Å². The molecule has 6 nitrogen and oxygen atoms in total. The zero-order valence-corrected chi connectivity index (χ0v) is 8.46. The molecular weight excluding hydrogens is 196 g/mol. The summed E-state index contributed by atoms with van der Waals surface area (Å²) in [5.74, 6) is 1.59. The molecule has 6 heteroatoms. The highest BCUT2D eigenvalue weighted by Gasteiger charge is 2.15. The lowest BCUT2D eigenvalue weighted by atomic mass is 10.0. The molecule has 1 unspecified atom stereocenters.